The fourth-order valence-electron chi connectivity index (χ4n) is 0.981. The number of pyridine rings is 1. The molecule has 88 valence electrons. The van der Waals surface area contributed by atoms with E-state index >= 15 is 0 Å². The summed E-state index contributed by atoms with van der Waals surface area (Å²) in [5.74, 6) is 0.413. The predicted molar refractivity (Wildman–Crippen MR) is 60.9 cm³/mol. The van der Waals surface area contributed by atoms with Crippen molar-refractivity contribution in [1.29, 1.82) is 0 Å². The number of methoxy groups -OCH3 is 1. The second kappa shape index (κ2) is 5.62. The van der Waals surface area contributed by atoms with Crippen molar-refractivity contribution in [2.24, 2.45) is 0 Å². The molecular weight excluding hydrogens is 234 g/mol. The second-order valence-corrected chi connectivity index (χ2v) is 3.62. The average molecular weight is 246 g/mol. The minimum absolute atomic E-state index is 0.00746. The average Bonchev–Trinajstić information content (AvgIpc) is 2.26. The molecule has 0 fully saturated rings. The van der Waals surface area contributed by atoms with E-state index in [0.717, 1.165) is 6.20 Å². The number of halogens is 1. The maximum atomic E-state index is 10.4. The number of nitrogens with zero attached hydrogens (tertiary/aromatic N) is 2. The summed E-state index contributed by atoms with van der Waals surface area (Å²) in [6.45, 7) is 2.41. The summed E-state index contributed by atoms with van der Waals surface area (Å²) >= 11 is 5.83. The Morgan fingerprint density at radius 2 is 2.44 bits per heavy atom. The van der Waals surface area contributed by atoms with Crippen LogP contribution in [0.2, 0.25) is 5.02 Å². The zero-order chi connectivity index (χ0) is 12.1. The van der Waals surface area contributed by atoms with Crippen LogP contribution >= 0.6 is 11.6 Å². The van der Waals surface area contributed by atoms with Gasteiger partial charge in [-0.25, -0.2) is 4.98 Å². The second-order valence-electron chi connectivity index (χ2n) is 3.21. The van der Waals surface area contributed by atoms with Gasteiger partial charge in [0, 0.05) is 19.7 Å². The Labute approximate surface area is 97.7 Å². The van der Waals surface area contributed by atoms with Crippen LogP contribution in [-0.2, 0) is 4.74 Å². The smallest absolute Gasteiger partial charge is 0.289 e. The van der Waals surface area contributed by atoms with E-state index in [9.17, 15) is 10.1 Å². The lowest BCUT2D eigenvalue weighted by Gasteiger charge is -2.11. The van der Waals surface area contributed by atoms with Gasteiger partial charge < -0.3 is 10.1 Å². The first-order valence-electron chi connectivity index (χ1n) is 4.61. The summed E-state index contributed by atoms with van der Waals surface area (Å²) < 4.78 is 5.03. The van der Waals surface area contributed by atoms with Gasteiger partial charge in [0.25, 0.3) is 5.69 Å². The van der Waals surface area contributed by atoms with Crippen molar-refractivity contribution in [3.63, 3.8) is 0 Å². The molecule has 0 amide bonds. The van der Waals surface area contributed by atoms with Crippen LogP contribution in [0.3, 0.4) is 0 Å². The molecule has 1 unspecified atom stereocenters. The van der Waals surface area contributed by atoms with Crippen molar-refractivity contribution in [2.45, 2.75) is 13.0 Å². The Balaban J connectivity index is 2.72. The lowest BCUT2D eigenvalue weighted by Crippen LogP contribution is -2.18. The van der Waals surface area contributed by atoms with Crippen molar-refractivity contribution in [1.82, 2.24) is 4.98 Å². The minimum Gasteiger partial charge on any atom is -0.380 e. The number of aromatic nitrogens is 1. The van der Waals surface area contributed by atoms with Crippen LogP contribution < -0.4 is 5.32 Å². The molecule has 1 atom stereocenters. The van der Waals surface area contributed by atoms with Gasteiger partial charge >= 0.3 is 0 Å². The van der Waals surface area contributed by atoms with E-state index in [-0.39, 0.29) is 16.8 Å². The number of rotatable bonds is 5. The van der Waals surface area contributed by atoms with Gasteiger partial charge in [0.1, 0.15) is 12.0 Å². The molecule has 0 spiro atoms. The number of ether oxygens (including phenoxy) is 1. The fraction of sp³-hybridized carbons (Fsp3) is 0.444. The Kier molecular flexibility index (Phi) is 4.45. The number of nitrogens with one attached hydrogen (secondary N) is 1. The standard InChI is InChI=1S/C9H12ClN3O3/c1-6(16-2)4-11-9-8(10)3-7(5-12-9)13(14)15/h3,5-6H,4H2,1-2H3,(H,11,12). The predicted octanol–water partition coefficient (Wildman–Crippen LogP) is 2.09. The highest BCUT2D eigenvalue weighted by atomic mass is 35.5. The third-order valence-corrected chi connectivity index (χ3v) is 2.29. The van der Waals surface area contributed by atoms with Gasteiger partial charge in [-0.2, -0.15) is 0 Å². The van der Waals surface area contributed by atoms with Crippen LogP contribution in [-0.4, -0.2) is 29.7 Å². The van der Waals surface area contributed by atoms with Gasteiger partial charge in [-0.1, -0.05) is 11.6 Å². The van der Waals surface area contributed by atoms with E-state index in [0.29, 0.717) is 12.4 Å². The molecule has 0 radical (unpaired) electrons. The van der Waals surface area contributed by atoms with Crippen molar-refractivity contribution < 1.29 is 9.66 Å². The third kappa shape index (κ3) is 3.32. The summed E-state index contributed by atoms with van der Waals surface area (Å²) in [7, 11) is 1.59. The highest BCUT2D eigenvalue weighted by Gasteiger charge is 2.11. The first-order chi connectivity index (χ1) is 7.54. The summed E-state index contributed by atoms with van der Waals surface area (Å²) in [4.78, 5) is 13.8. The summed E-state index contributed by atoms with van der Waals surface area (Å²) in [6, 6.07) is 1.26. The van der Waals surface area contributed by atoms with Crippen LogP contribution in [0, 0.1) is 10.1 Å². The maximum absolute atomic E-state index is 10.4. The first kappa shape index (κ1) is 12.7. The molecule has 0 aliphatic carbocycles. The molecule has 0 saturated heterocycles. The largest absolute Gasteiger partial charge is 0.380 e. The van der Waals surface area contributed by atoms with Gasteiger partial charge in [-0.3, -0.25) is 10.1 Å². The van der Waals surface area contributed by atoms with Crippen molar-refractivity contribution in [3.05, 3.63) is 27.4 Å². The van der Waals surface area contributed by atoms with Gasteiger partial charge in [0.15, 0.2) is 0 Å². The van der Waals surface area contributed by atoms with Crippen LogP contribution in [0.25, 0.3) is 0 Å². The molecule has 0 saturated carbocycles. The molecule has 6 nitrogen and oxygen atoms in total. The fourth-order valence-corrected chi connectivity index (χ4v) is 1.21. The monoisotopic (exact) mass is 245 g/mol. The molecule has 1 N–H and O–H groups in total. The van der Waals surface area contributed by atoms with E-state index in [4.69, 9.17) is 16.3 Å². The van der Waals surface area contributed by atoms with Crippen LogP contribution in [0.5, 0.6) is 0 Å². The molecule has 1 aromatic heterocycles. The zero-order valence-corrected chi connectivity index (χ0v) is 9.69. The molecule has 0 aromatic carbocycles. The van der Waals surface area contributed by atoms with Gasteiger partial charge in [0.05, 0.1) is 16.0 Å². The van der Waals surface area contributed by atoms with Crippen LogP contribution in [0.1, 0.15) is 6.92 Å². The van der Waals surface area contributed by atoms with Crippen molar-refractivity contribution >= 4 is 23.1 Å². The lowest BCUT2D eigenvalue weighted by atomic mass is 10.3. The van der Waals surface area contributed by atoms with Crippen molar-refractivity contribution in [3.8, 4) is 0 Å². The minimum atomic E-state index is -0.541. The summed E-state index contributed by atoms with van der Waals surface area (Å²) in [5.41, 5.74) is -0.129. The van der Waals surface area contributed by atoms with Crippen molar-refractivity contribution in [2.75, 3.05) is 19.0 Å². The molecule has 1 rings (SSSR count). The van der Waals surface area contributed by atoms with Gasteiger partial charge in [0.2, 0.25) is 0 Å². The first-order valence-corrected chi connectivity index (χ1v) is 4.99. The quantitative estimate of drug-likeness (QED) is 0.635. The Bertz CT molecular complexity index is 386. The van der Waals surface area contributed by atoms with Gasteiger partial charge in [-0.05, 0) is 6.92 Å². The molecule has 0 bridgehead atoms. The molecule has 0 aliphatic heterocycles. The van der Waals surface area contributed by atoms with Crippen LogP contribution in [0.15, 0.2) is 12.3 Å². The van der Waals surface area contributed by atoms with E-state index in [1.54, 1.807) is 7.11 Å². The van der Waals surface area contributed by atoms with E-state index in [1.807, 2.05) is 6.92 Å². The SMILES string of the molecule is COC(C)CNc1ncc([N+](=O)[O-])cc1Cl. The normalized spacial score (nSPS) is 12.2. The van der Waals surface area contributed by atoms with Crippen LogP contribution in [0.4, 0.5) is 11.5 Å². The topological polar surface area (TPSA) is 77.3 Å². The van der Waals surface area contributed by atoms with E-state index in [1.165, 1.54) is 6.07 Å². The Morgan fingerprint density at radius 3 is 2.94 bits per heavy atom. The highest BCUT2D eigenvalue weighted by Crippen LogP contribution is 2.23. The maximum Gasteiger partial charge on any atom is 0.289 e. The third-order valence-electron chi connectivity index (χ3n) is 2.00. The summed E-state index contributed by atoms with van der Waals surface area (Å²) in [5, 5.41) is 13.6. The molecule has 1 heterocycles. The molecule has 16 heavy (non-hydrogen) atoms. The molecule has 0 aliphatic rings. The number of hydrogen-bond acceptors (Lipinski definition) is 5. The Hall–Kier alpha value is -1.40. The lowest BCUT2D eigenvalue weighted by molar-refractivity contribution is -0.385. The molecule has 1 aromatic rings. The van der Waals surface area contributed by atoms with Gasteiger partial charge in [-0.15, -0.1) is 0 Å². The molecule has 7 heteroatoms. The van der Waals surface area contributed by atoms with E-state index < -0.39 is 4.92 Å². The number of nitro groups is 1. The highest BCUT2D eigenvalue weighted by molar-refractivity contribution is 6.33. The number of anilines is 1. The summed E-state index contributed by atoms with van der Waals surface area (Å²) in [6.07, 6.45) is 1.17. The molecular formula is C9H12ClN3O3. The Morgan fingerprint density at radius 1 is 1.75 bits per heavy atom. The number of hydrogen-bond donors (Lipinski definition) is 1. The van der Waals surface area contributed by atoms with E-state index in [2.05, 4.69) is 10.3 Å². The zero-order valence-electron chi connectivity index (χ0n) is 8.94.